The van der Waals surface area contributed by atoms with Crippen molar-refractivity contribution >= 4 is 10.9 Å². The first-order valence-corrected chi connectivity index (χ1v) is 7.06. The second kappa shape index (κ2) is 5.47. The minimum absolute atomic E-state index is 0.305. The molecular weight excluding hydrogens is 246 g/mol. The normalized spacial score (nSPS) is 12.7. The van der Waals surface area contributed by atoms with Crippen LogP contribution in [0.3, 0.4) is 0 Å². The monoisotopic (exact) mass is 265 g/mol. The summed E-state index contributed by atoms with van der Waals surface area (Å²) in [6, 6.07) is 17.0. The average molecular weight is 265 g/mol. The van der Waals surface area contributed by atoms with Crippen molar-refractivity contribution in [2.75, 3.05) is 6.54 Å². The molecule has 2 aromatic carbocycles. The van der Waals surface area contributed by atoms with Crippen LogP contribution in [-0.2, 0) is 0 Å². The molecule has 0 aliphatic carbocycles. The molecule has 3 heteroatoms. The summed E-state index contributed by atoms with van der Waals surface area (Å²) in [5.41, 5.74) is 3.55. The number of hydrogen-bond acceptors (Lipinski definition) is 2. The zero-order chi connectivity index (χ0) is 13.9. The van der Waals surface area contributed by atoms with Gasteiger partial charge >= 0.3 is 0 Å². The largest absolute Gasteiger partial charge is 0.310 e. The smallest absolute Gasteiger partial charge is 0.0741 e. The molecule has 1 atom stereocenters. The molecule has 1 unspecified atom stereocenters. The maximum Gasteiger partial charge on any atom is 0.0741 e. The van der Waals surface area contributed by atoms with Gasteiger partial charge in [-0.1, -0.05) is 43.3 Å². The van der Waals surface area contributed by atoms with E-state index in [0.29, 0.717) is 6.04 Å². The van der Waals surface area contributed by atoms with E-state index in [2.05, 4.69) is 66.7 Å². The van der Waals surface area contributed by atoms with Gasteiger partial charge < -0.3 is 5.32 Å². The van der Waals surface area contributed by atoms with Gasteiger partial charge in [0.25, 0.3) is 0 Å². The summed E-state index contributed by atoms with van der Waals surface area (Å²) in [5.74, 6) is 0. The fourth-order valence-electron chi connectivity index (χ4n) is 2.63. The Balaban J connectivity index is 2.15. The van der Waals surface area contributed by atoms with Gasteiger partial charge in [-0.3, -0.25) is 0 Å². The number of benzene rings is 2. The van der Waals surface area contributed by atoms with E-state index in [4.69, 9.17) is 0 Å². The summed E-state index contributed by atoms with van der Waals surface area (Å²) in [6.07, 6.45) is 1.92. The fourth-order valence-corrected chi connectivity index (χ4v) is 2.63. The van der Waals surface area contributed by atoms with Crippen LogP contribution in [0.4, 0.5) is 0 Å². The third-order valence-electron chi connectivity index (χ3n) is 3.62. The van der Waals surface area contributed by atoms with Crippen LogP contribution in [0.15, 0.2) is 54.7 Å². The van der Waals surface area contributed by atoms with Crippen LogP contribution in [0.1, 0.15) is 25.5 Å². The second-order valence-electron chi connectivity index (χ2n) is 4.95. The minimum Gasteiger partial charge on any atom is -0.310 e. The van der Waals surface area contributed by atoms with Crippen LogP contribution in [0, 0.1) is 0 Å². The third kappa shape index (κ3) is 2.21. The molecule has 0 bridgehead atoms. The van der Waals surface area contributed by atoms with E-state index in [-0.39, 0.29) is 0 Å². The molecule has 102 valence electrons. The lowest BCUT2D eigenvalue weighted by Gasteiger charge is -2.17. The number of fused-ring (bicyclic) bond motifs is 1. The third-order valence-corrected chi connectivity index (χ3v) is 3.62. The van der Waals surface area contributed by atoms with E-state index < -0.39 is 0 Å². The molecule has 20 heavy (non-hydrogen) atoms. The molecule has 0 saturated heterocycles. The Hall–Kier alpha value is -2.13. The van der Waals surface area contributed by atoms with Crippen LogP contribution in [-0.4, -0.2) is 16.3 Å². The van der Waals surface area contributed by atoms with E-state index in [9.17, 15) is 0 Å². The van der Waals surface area contributed by atoms with Gasteiger partial charge in [-0.2, -0.15) is 5.10 Å². The van der Waals surface area contributed by atoms with Crippen LogP contribution in [0.25, 0.3) is 16.6 Å². The molecule has 0 aliphatic rings. The summed E-state index contributed by atoms with van der Waals surface area (Å²) >= 11 is 0. The van der Waals surface area contributed by atoms with Gasteiger partial charge in [0.1, 0.15) is 0 Å². The number of hydrogen-bond donors (Lipinski definition) is 1. The van der Waals surface area contributed by atoms with Crippen molar-refractivity contribution in [3.63, 3.8) is 0 Å². The molecule has 1 aromatic heterocycles. The highest BCUT2D eigenvalue weighted by atomic mass is 15.3. The maximum absolute atomic E-state index is 4.56. The first-order valence-electron chi connectivity index (χ1n) is 7.06. The first kappa shape index (κ1) is 12.9. The highest BCUT2D eigenvalue weighted by Gasteiger charge is 2.12. The van der Waals surface area contributed by atoms with Gasteiger partial charge in [0, 0.05) is 11.4 Å². The molecular formula is C17H19N3. The maximum atomic E-state index is 4.56. The highest BCUT2D eigenvalue weighted by Crippen LogP contribution is 2.24. The number of nitrogens with one attached hydrogen (secondary N) is 1. The average Bonchev–Trinajstić information content (AvgIpc) is 2.91. The Morgan fingerprint density at radius 1 is 1.10 bits per heavy atom. The van der Waals surface area contributed by atoms with E-state index in [0.717, 1.165) is 17.7 Å². The molecule has 0 saturated carbocycles. The molecule has 0 amide bonds. The molecule has 1 N–H and O–H groups in total. The molecule has 3 rings (SSSR count). The van der Waals surface area contributed by atoms with Gasteiger partial charge in [0.15, 0.2) is 0 Å². The van der Waals surface area contributed by atoms with E-state index in [1.807, 2.05) is 16.9 Å². The number of para-hydroxylation sites is 2. The van der Waals surface area contributed by atoms with Gasteiger partial charge in [-0.05, 0) is 31.2 Å². The van der Waals surface area contributed by atoms with E-state index >= 15 is 0 Å². The van der Waals surface area contributed by atoms with Crippen molar-refractivity contribution in [2.45, 2.75) is 19.9 Å². The summed E-state index contributed by atoms with van der Waals surface area (Å²) in [4.78, 5) is 0. The standard InChI is InChI=1S/C17H19N3/c1-3-18-13(2)15-9-5-7-11-17(15)20-16-10-6-4-8-14(16)12-19-20/h4-13,18H,3H2,1-2H3. The predicted octanol–water partition coefficient (Wildman–Crippen LogP) is 3.70. The molecule has 0 aliphatic heterocycles. The SMILES string of the molecule is CCNC(C)c1ccccc1-n1ncc2ccccc21. The molecule has 0 spiro atoms. The summed E-state index contributed by atoms with van der Waals surface area (Å²) in [7, 11) is 0. The summed E-state index contributed by atoms with van der Waals surface area (Å²) in [5, 5.41) is 9.19. The van der Waals surface area contributed by atoms with Crippen molar-refractivity contribution in [1.82, 2.24) is 15.1 Å². The molecule has 0 fully saturated rings. The predicted molar refractivity (Wildman–Crippen MR) is 83.2 cm³/mol. The quantitative estimate of drug-likeness (QED) is 0.779. The Kier molecular flexibility index (Phi) is 3.52. The Bertz CT molecular complexity index is 715. The lowest BCUT2D eigenvalue weighted by molar-refractivity contribution is 0.594. The van der Waals surface area contributed by atoms with Gasteiger partial charge in [-0.25, -0.2) is 4.68 Å². The Morgan fingerprint density at radius 3 is 2.70 bits per heavy atom. The van der Waals surface area contributed by atoms with E-state index in [1.165, 1.54) is 10.9 Å². The van der Waals surface area contributed by atoms with E-state index in [1.54, 1.807) is 0 Å². The number of rotatable bonds is 4. The lowest BCUT2D eigenvalue weighted by atomic mass is 10.1. The minimum atomic E-state index is 0.305. The zero-order valence-electron chi connectivity index (χ0n) is 11.9. The van der Waals surface area contributed by atoms with Crippen molar-refractivity contribution < 1.29 is 0 Å². The van der Waals surface area contributed by atoms with Crippen molar-refractivity contribution in [1.29, 1.82) is 0 Å². The first-order chi connectivity index (χ1) is 9.81. The van der Waals surface area contributed by atoms with Crippen LogP contribution in [0.2, 0.25) is 0 Å². The van der Waals surface area contributed by atoms with Crippen LogP contribution >= 0.6 is 0 Å². The fraction of sp³-hybridized carbons (Fsp3) is 0.235. The van der Waals surface area contributed by atoms with Crippen LogP contribution in [0.5, 0.6) is 0 Å². The molecule has 0 radical (unpaired) electrons. The molecule has 3 aromatic rings. The van der Waals surface area contributed by atoms with Crippen molar-refractivity contribution in [2.24, 2.45) is 0 Å². The summed E-state index contributed by atoms with van der Waals surface area (Å²) in [6.45, 7) is 5.27. The van der Waals surface area contributed by atoms with Crippen LogP contribution < -0.4 is 5.32 Å². The highest BCUT2D eigenvalue weighted by molar-refractivity contribution is 5.80. The second-order valence-corrected chi connectivity index (χ2v) is 4.95. The summed E-state index contributed by atoms with van der Waals surface area (Å²) < 4.78 is 2.03. The van der Waals surface area contributed by atoms with Gasteiger partial charge in [-0.15, -0.1) is 0 Å². The van der Waals surface area contributed by atoms with Crippen molar-refractivity contribution in [3.8, 4) is 5.69 Å². The zero-order valence-corrected chi connectivity index (χ0v) is 11.9. The Morgan fingerprint density at radius 2 is 1.85 bits per heavy atom. The van der Waals surface area contributed by atoms with Crippen molar-refractivity contribution in [3.05, 3.63) is 60.3 Å². The molecule has 1 heterocycles. The number of aromatic nitrogens is 2. The topological polar surface area (TPSA) is 29.9 Å². The van der Waals surface area contributed by atoms with Gasteiger partial charge in [0.2, 0.25) is 0 Å². The lowest BCUT2D eigenvalue weighted by Crippen LogP contribution is -2.19. The number of nitrogens with zero attached hydrogens (tertiary/aromatic N) is 2. The van der Waals surface area contributed by atoms with Gasteiger partial charge in [0.05, 0.1) is 17.4 Å². The Labute approximate surface area is 119 Å². The molecule has 3 nitrogen and oxygen atoms in total.